The molecule has 0 radical (unpaired) electrons. The molecule has 0 bridgehead atoms. The summed E-state index contributed by atoms with van der Waals surface area (Å²) >= 11 is 0. The molecule has 0 saturated carbocycles. The van der Waals surface area contributed by atoms with E-state index in [9.17, 15) is 0 Å². The van der Waals surface area contributed by atoms with Gasteiger partial charge in [0.1, 0.15) is 0 Å². The molecule has 0 rings (SSSR count). The zero-order chi connectivity index (χ0) is 8.53. The summed E-state index contributed by atoms with van der Waals surface area (Å²) in [6, 6.07) is 0. The van der Waals surface area contributed by atoms with Gasteiger partial charge in [0.25, 0.3) is 0 Å². The molecule has 0 atom stereocenters. The maximum atomic E-state index is 8.66. The number of rotatable bonds is 7. The van der Waals surface area contributed by atoms with Crippen LogP contribution in [-0.2, 0) is 0 Å². The quantitative estimate of drug-likeness (QED) is 0.517. The van der Waals surface area contributed by atoms with E-state index in [1.165, 1.54) is 0 Å². The Morgan fingerprint density at radius 3 is 2.45 bits per heavy atom. The van der Waals surface area contributed by atoms with Crippen molar-refractivity contribution in [2.24, 2.45) is 5.73 Å². The van der Waals surface area contributed by atoms with Crippen molar-refractivity contribution in [1.82, 2.24) is 4.90 Å². The molecule has 0 spiro atoms. The zero-order valence-corrected chi connectivity index (χ0v) is 7.42. The van der Waals surface area contributed by atoms with Gasteiger partial charge in [0.05, 0.1) is 6.61 Å². The lowest BCUT2D eigenvalue weighted by atomic mass is 10.3. The summed E-state index contributed by atoms with van der Waals surface area (Å²) in [6.07, 6.45) is 2.23. The predicted octanol–water partition coefficient (Wildman–Crippen LogP) is 0.0395. The van der Waals surface area contributed by atoms with Crippen LogP contribution < -0.4 is 5.73 Å². The molecule has 0 amide bonds. The van der Waals surface area contributed by atoms with E-state index in [0.717, 1.165) is 39.0 Å². The van der Waals surface area contributed by atoms with Crippen LogP contribution in [-0.4, -0.2) is 42.8 Å². The first kappa shape index (κ1) is 10.9. The van der Waals surface area contributed by atoms with Crippen LogP contribution >= 0.6 is 0 Å². The van der Waals surface area contributed by atoms with Gasteiger partial charge >= 0.3 is 0 Å². The summed E-state index contributed by atoms with van der Waals surface area (Å²) in [5.41, 5.74) is 5.36. The highest BCUT2D eigenvalue weighted by Crippen LogP contribution is 1.92. The van der Waals surface area contributed by atoms with Crippen molar-refractivity contribution >= 4 is 0 Å². The van der Waals surface area contributed by atoms with Gasteiger partial charge in [-0.3, -0.25) is 0 Å². The standard InChI is InChI=1S/C8H20N2O/c1-2-10(7-8-11)6-4-3-5-9/h11H,2-9H2,1H3. The number of likely N-dealkylation sites (N-methyl/N-ethyl adjacent to an activating group) is 1. The topological polar surface area (TPSA) is 49.5 Å². The highest BCUT2D eigenvalue weighted by atomic mass is 16.3. The monoisotopic (exact) mass is 160 g/mol. The molecular weight excluding hydrogens is 140 g/mol. The molecule has 0 aliphatic heterocycles. The van der Waals surface area contributed by atoms with Crippen LogP contribution in [0.3, 0.4) is 0 Å². The smallest absolute Gasteiger partial charge is 0.0558 e. The maximum Gasteiger partial charge on any atom is 0.0558 e. The zero-order valence-electron chi connectivity index (χ0n) is 7.42. The average Bonchev–Trinajstić information content (AvgIpc) is 2.03. The van der Waals surface area contributed by atoms with Crippen molar-refractivity contribution in [3.8, 4) is 0 Å². The molecule has 0 aliphatic rings. The van der Waals surface area contributed by atoms with E-state index >= 15 is 0 Å². The Labute approximate surface area is 69.2 Å². The van der Waals surface area contributed by atoms with E-state index in [-0.39, 0.29) is 6.61 Å². The van der Waals surface area contributed by atoms with Crippen molar-refractivity contribution in [3.63, 3.8) is 0 Å². The number of aliphatic hydroxyl groups excluding tert-OH is 1. The molecular formula is C8H20N2O. The minimum absolute atomic E-state index is 0.260. The third-order valence-electron chi connectivity index (χ3n) is 1.79. The Kier molecular flexibility index (Phi) is 7.89. The second-order valence-corrected chi connectivity index (χ2v) is 2.65. The van der Waals surface area contributed by atoms with Gasteiger partial charge in [0, 0.05) is 6.54 Å². The van der Waals surface area contributed by atoms with E-state index in [1.807, 2.05) is 0 Å². The molecule has 0 saturated heterocycles. The molecule has 0 aromatic heterocycles. The fraction of sp³-hybridized carbons (Fsp3) is 1.00. The third kappa shape index (κ3) is 6.28. The Balaban J connectivity index is 3.20. The SMILES string of the molecule is CCN(CCO)CCCCN. The minimum Gasteiger partial charge on any atom is -0.395 e. The van der Waals surface area contributed by atoms with Gasteiger partial charge in [-0.2, -0.15) is 0 Å². The fourth-order valence-electron chi connectivity index (χ4n) is 1.05. The molecule has 0 heterocycles. The Morgan fingerprint density at radius 2 is 2.00 bits per heavy atom. The second-order valence-electron chi connectivity index (χ2n) is 2.65. The van der Waals surface area contributed by atoms with E-state index in [0.29, 0.717) is 0 Å². The van der Waals surface area contributed by atoms with E-state index in [2.05, 4.69) is 11.8 Å². The Morgan fingerprint density at radius 1 is 1.27 bits per heavy atom. The number of unbranched alkanes of at least 4 members (excludes halogenated alkanes) is 1. The second kappa shape index (κ2) is 7.98. The molecule has 0 fully saturated rings. The average molecular weight is 160 g/mol. The molecule has 3 nitrogen and oxygen atoms in total. The maximum absolute atomic E-state index is 8.66. The molecule has 11 heavy (non-hydrogen) atoms. The first-order valence-corrected chi connectivity index (χ1v) is 4.38. The number of hydrogen-bond donors (Lipinski definition) is 2. The van der Waals surface area contributed by atoms with E-state index < -0.39 is 0 Å². The first-order valence-electron chi connectivity index (χ1n) is 4.38. The van der Waals surface area contributed by atoms with Crippen LogP contribution in [0, 0.1) is 0 Å². The van der Waals surface area contributed by atoms with Crippen LogP contribution in [0.2, 0.25) is 0 Å². The van der Waals surface area contributed by atoms with Gasteiger partial charge in [-0.15, -0.1) is 0 Å². The summed E-state index contributed by atoms with van der Waals surface area (Å²) in [7, 11) is 0. The minimum atomic E-state index is 0.260. The summed E-state index contributed by atoms with van der Waals surface area (Å²) < 4.78 is 0. The van der Waals surface area contributed by atoms with Crippen LogP contribution in [0.4, 0.5) is 0 Å². The Hall–Kier alpha value is -0.120. The summed E-state index contributed by atoms with van der Waals surface area (Å²) in [6.45, 7) is 6.02. The lowest BCUT2D eigenvalue weighted by Gasteiger charge is -2.18. The molecule has 3 N–H and O–H groups in total. The normalized spacial score (nSPS) is 10.9. The van der Waals surface area contributed by atoms with Gasteiger partial charge in [0.2, 0.25) is 0 Å². The van der Waals surface area contributed by atoms with Crippen molar-refractivity contribution in [2.45, 2.75) is 19.8 Å². The molecule has 0 aromatic carbocycles. The largest absolute Gasteiger partial charge is 0.395 e. The van der Waals surface area contributed by atoms with Crippen LogP contribution in [0.25, 0.3) is 0 Å². The fourth-order valence-corrected chi connectivity index (χ4v) is 1.05. The summed E-state index contributed by atoms with van der Waals surface area (Å²) in [5.74, 6) is 0. The van der Waals surface area contributed by atoms with Crippen LogP contribution in [0.1, 0.15) is 19.8 Å². The van der Waals surface area contributed by atoms with Crippen LogP contribution in [0.5, 0.6) is 0 Å². The highest BCUT2D eigenvalue weighted by Gasteiger charge is 1.98. The molecule has 0 aromatic rings. The lowest BCUT2D eigenvalue weighted by molar-refractivity contribution is 0.200. The van der Waals surface area contributed by atoms with E-state index in [4.69, 9.17) is 10.8 Å². The van der Waals surface area contributed by atoms with Gasteiger partial charge in [-0.25, -0.2) is 0 Å². The number of nitrogens with zero attached hydrogens (tertiary/aromatic N) is 1. The summed E-state index contributed by atoms with van der Waals surface area (Å²) in [5, 5.41) is 8.66. The molecule has 3 heteroatoms. The number of aliphatic hydroxyl groups is 1. The molecule has 0 aliphatic carbocycles. The summed E-state index contributed by atoms with van der Waals surface area (Å²) in [4.78, 5) is 2.23. The molecule has 0 unspecified atom stereocenters. The lowest BCUT2D eigenvalue weighted by Crippen LogP contribution is -2.27. The third-order valence-corrected chi connectivity index (χ3v) is 1.79. The van der Waals surface area contributed by atoms with Gasteiger partial charge < -0.3 is 15.7 Å². The van der Waals surface area contributed by atoms with Crippen molar-refractivity contribution in [3.05, 3.63) is 0 Å². The van der Waals surface area contributed by atoms with Gasteiger partial charge in [-0.1, -0.05) is 6.92 Å². The van der Waals surface area contributed by atoms with Crippen molar-refractivity contribution < 1.29 is 5.11 Å². The number of hydrogen-bond acceptors (Lipinski definition) is 3. The van der Waals surface area contributed by atoms with Crippen molar-refractivity contribution in [2.75, 3.05) is 32.8 Å². The van der Waals surface area contributed by atoms with Crippen molar-refractivity contribution in [1.29, 1.82) is 0 Å². The first-order chi connectivity index (χ1) is 5.35. The van der Waals surface area contributed by atoms with Gasteiger partial charge in [-0.05, 0) is 32.5 Å². The number of nitrogens with two attached hydrogens (primary N) is 1. The predicted molar refractivity (Wildman–Crippen MR) is 47.5 cm³/mol. The highest BCUT2D eigenvalue weighted by molar-refractivity contribution is 4.54. The molecule has 68 valence electrons. The Bertz CT molecular complexity index is 78.5. The van der Waals surface area contributed by atoms with Gasteiger partial charge in [0.15, 0.2) is 0 Å². The van der Waals surface area contributed by atoms with E-state index in [1.54, 1.807) is 0 Å². The van der Waals surface area contributed by atoms with Crippen LogP contribution in [0.15, 0.2) is 0 Å².